The molecule has 1 heterocycles. The van der Waals surface area contributed by atoms with E-state index in [-0.39, 0.29) is 31.0 Å². The molecule has 0 radical (unpaired) electrons. The van der Waals surface area contributed by atoms with Gasteiger partial charge in [0, 0.05) is 19.5 Å². The molecule has 0 saturated carbocycles. The molecule has 1 aliphatic rings. The maximum Gasteiger partial charge on any atom is 0.317 e. The van der Waals surface area contributed by atoms with Gasteiger partial charge >= 0.3 is 12.0 Å². The largest absolute Gasteiger partial charge is 0.481 e. The van der Waals surface area contributed by atoms with Gasteiger partial charge in [0.2, 0.25) is 0 Å². The van der Waals surface area contributed by atoms with Crippen LogP contribution >= 0.6 is 0 Å². The number of likely N-dealkylation sites (tertiary alicyclic amines) is 1. The molecule has 20 heavy (non-hydrogen) atoms. The number of carbonyl (C=O) groups excluding carboxylic acids is 1. The monoisotopic (exact) mass is 286 g/mol. The van der Waals surface area contributed by atoms with Gasteiger partial charge in [-0.3, -0.25) is 4.79 Å². The van der Waals surface area contributed by atoms with Crippen LogP contribution in [0.5, 0.6) is 0 Å². The van der Waals surface area contributed by atoms with Gasteiger partial charge in [0.1, 0.15) is 0 Å². The van der Waals surface area contributed by atoms with E-state index >= 15 is 0 Å². The normalized spacial score (nSPS) is 21.1. The van der Waals surface area contributed by atoms with Crippen LogP contribution in [0.4, 0.5) is 4.79 Å². The molecule has 0 bridgehead atoms. The lowest BCUT2D eigenvalue weighted by atomic mass is 10.1. The third-order valence-corrected chi connectivity index (χ3v) is 3.80. The second-order valence-electron chi connectivity index (χ2n) is 5.60. The molecule has 1 saturated heterocycles. The number of nitrogens with zero attached hydrogens (tertiary/aromatic N) is 1. The van der Waals surface area contributed by atoms with Crippen LogP contribution in [0.3, 0.4) is 0 Å². The summed E-state index contributed by atoms with van der Waals surface area (Å²) >= 11 is 0. The molecule has 0 spiro atoms. The van der Waals surface area contributed by atoms with E-state index in [1.807, 2.05) is 6.92 Å². The predicted octanol–water partition coefficient (Wildman–Crippen LogP) is 1.43. The second-order valence-corrected chi connectivity index (χ2v) is 5.60. The van der Waals surface area contributed by atoms with Crippen molar-refractivity contribution >= 4 is 12.0 Å². The fourth-order valence-corrected chi connectivity index (χ4v) is 2.47. The Kier molecular flexibility index (Phi) is 7.36. The third-order valence-electron chi connectivity index (χ3n) is 3.80. The van der Waals surface area contributed by atoms with Gasteiger partial charge in [0.15, 0.2) is 0 Å². The number of amides is 2. The lowest BCUT2D eigenvalue weighted by Gasteiger charge is -2.29. The van der Waals surface area contributed by atoms with Crippen molar-refractivity contribution in [2.24, 2.45) is 5.92 Å². The first kappa shape index (κ1) is 16.8. The van der Waals surface area contributed by atoms with Crippen molar-refractivity contribution in [3.05, 3.63) is 0 Å². The van der Waals surface area contributed by atoms with Crippen molar-refractivity contribution in [1.82, 2.24) is 10.2 Å². The smallest absolute Gasteiger partial charge is 0.317 e. The predicted molar refractivity (Wildman–Crippen MR) is 75.5 cm³/mol. The van der Waals surface area contributed by atoms with Crippen LogP contribution in [0.15, 0.2) is 0 Å². The van der Waals surface area contributed by atoms with Crippen LogP contribution < -0.4 is 5.32 Å². The molecule has 3 N–H and O–H groups in total. The Morgan fingerprint density at radius 1 is 1.35 bits per heavy atom. The molecule has 1 fully saturated rings. The number of rotatable bonds is 6. The first-order valence-electron chi connectivity index (χ1n) is 7.41. The number of hydrogen-bond acceptors (Lipinski definition) is 3. The van der Waals surface area contributed by atoms with Crippen molar-refractivity contribution in [2.75, 3.05) is 19.7 Å². The molecule has 0 aliphatic carbocycles. The number of urea groups is 1. The zero-order chi connectivity index (χ0) is 15.0. The van der Waals surface area contributed by atoms with Crippen LogP contribution in [0.1, 0.15) is 45.4 Å². The molecule has 6 heteroatoms. The quantitative estimate of drug-likeness (QED) is 0.689. The molecule has 0 aromatic carbocycles. The summed E-state index contributed by atoms with van der Waals surface area (Å²) in [7, 11) is 0. The second kappa shape index (κ2) is 8.79. The van der Waals surface area contributed by atoms with Crippen LogP contribution in [-0.4, -0.2) is 52.9 Å². The molecule has 2 atom stereocenters. The van der Waals surface area contributed by atoms with Crippen LogP contribution in [-0.2, 0) is 4.79 Å². The van der Waals surface area contributed by atoms with Crippen molar-refractivity contribution in [3.63, 3.8) is 0 Å². The van der Waals surface area contributed by atoms with Gasteiger partial charge < -0.3 is 20.4 Å². The molecule has 1 aliphatic heterocycles. The summed E-state index contributed by atoms with van der Waals surface area (Å²) < 4.78 is 0. The highest BCUT2D eigenvalue weighted by molar-refractivity contribution is 5.74. The van der Waals surface area contributed by atoms with E-state index in [1.54, 1.807) is 4.90 Å². The lowest BCUT2D eigenvalue weighted by Crippen LogP contribution is -2.48. The molecular formula is C14H26N2O4. The molecule has 6 nitrogen and oxygen atoms in total. The van der Waals surface area contributed by atoms with Crippen molar-refractivity contribution in [2.45, 2.75) is 51.5 Å². The van der Waals surface area contributed by atoms with E-state index < -0.39 is 5.97 Å². The van der Waals surface area contributed by atoms with Crippen molar-refractivity contribution in [1.29, 1.82) is 0 Å². The summed E-state index contributed by atoms with van der Waals surface area (Å²) in [6.07, 6.45) is 4.63. The third kappa shape index (κ3) is 5.77. The first-order valence-corrected chi connectivity index (χ1v) is 7.41. The summed E-state index contributed by atoms with van der Waals surface area (Å²) in [5.41, 5.74) is 0. The summed E-state index contributed by atoms with van der Waals surface area (Å²) in [6, 6.07) is -0.236. The van der Waals surface area contributed by atoms with E-state index in [0.29, 0.717) is 19.5 Å². The number of carbonyl (C=O) groups is 2. The molecule has 2 amide bonds. The van der Waals surface area contributed by atoms with E-state index in [9.17, 15) is 14.7 Å². The Morgan fingerprint density at radius 2 is 2.10 bits per heavy atom. The van der Waals surface area contributed by atoms with Crippen LogP contribution in [0.25, 0.3) is 0 Å². The van der Waals surface area contributed by atoms with E-state index in [1.165, 1.54) is 0 Å². The number of aliphatic carboxylic acids is 1. The van der Waals surface area contributed by atoms with Crippen LogP contribution in [0, 0.1) is 5.92 Å². The average Bonchev–Trinajstić information content (AvgIpc) is 2.67. The fraction of sp³-hybridized carbons (Fsp3) is 0.857. The molecule has 1 rings (SSSR count). The topological polar surface area (TPSA) is 89.9 Å². The Labute approximate surface area is 120 Å². The molecule has 2 unspecified atom stereocenters. The number of hydrogen-bond donors (Lipinski definition) is 3. The zero-order valence-electron chi connectivity index (χ0n) is 12.2. The highest BCUT2D eigenvalue weighted by Crippen LogP contribution is 2.16. The minimum Gasteiger partial charge on any atom is -0.481 e. The Bertz CT molecular complexity index is 322. The Hall–Kier alpha value is -1.30. The Balaban J connectivity index is 2.37. The van der Waals surface area contributed by atoms with E-state index in [0.717, 1.165) is 25.7 Å². The highest BCUT2D eigenvalue weighted by atomic mass is 16.4. The summed E-state index contributed by atoms with van der Waals surface area (Å²) in [5, 5.41) is 20.8. The van der Waals surface area contributed by atoms with E-state index in [4.69, 9.17) is 5.11 Å². The fourth-order valence-electron chi connectivity index (χ4n) is 2.47. The van der Waals surface area contributed by atoms with Crippen molar-refractivity contribution in [3.8, 4) is 0 Å². The van der Waals surface area contributed by atoms with Gasteiger partial charge in [-0.15, -0.1) is 0 Å². The molecule has 0 aromatic rings. The minimum absolute atomic E-state index is 0.00197. The Morgan fingerprint density at radius 3 is 2.75 bits per heavy atom. The maximum absolute atomic E-state index is 12.2. The van der Waals surface area contributed by atoms with Gasteiger partial charge in [0.05, 0.1) is 12.6 Å². The molecule has 0 aromatic heterocycles. The number of aliphatic hydroxyl groups excluding tert-OH is 1. The van der Waals surface area contributed by atoms with Crippen molar-refractivity contribution < 1.29 is 19.8 Å². The van der Waals surface area contributed by atoms with Gasteiger partial charge in [-0.05, 0) is 25.2 Å². The van der Waals surface area contributed by atoms with Crippen LogP contribution in [0.2, 0.25) is 0 Å². The van der Waals surface area contributed by atoms with Gasteiger partial charge in [-0.2, -0.15) is 0 Å². The number of aliphatic hydroxyl groups is 1. The first-order chi connectivity index (χ1) is 9.54. The average molecular weight is 286 g/mol. The molecule has 116 valence electrons. The number of nitrogens with one attached hydrogen (secondary N) is 1. The van der Waals surface area contributed by atoms with E-state index in [2.05, 4.69) is 5.32 Å². The zero-order valence-corrected chi connectivity index (χ0v) is 12.2. The summed E-state index contributed by atoms with van der Waals surface area (Å²) in [5.74, 6) is -0.675. The highest BCUT2D eigenvalue weighted by Gasteiger charge is 2.24. The summed E-state index contributed by atoms with van der Waals surface area (Å²) in [4.78, 5) is 24.4. The van der Waals surface area contributed by atoms with Gasteiger partial charge in [-0.25, -0.2) is 4.79 Å². The SMILES string of the molecule is CC(CCC(=O)O)CNC(=O)N1CCCCCC1CO. The number of carboxylic acid groups (broad SMARTS) is 1. The number of carboxylic acids is 1. The molecular weight excluding hydrogens is 260 g/mol. The lowest BCUT2D eigenvalue weighted by molar-refractivity contribution is -0.137. The maximum atomic E-state index is 12.2. The standard InChI is InChI=1S/C14H26N2O4/c1-11(6-7-13(18)19)9-15-14(20)16-8-4-2-3-5-12(16)10-17/h11-12,17H,2-10H2,1H3,(H,15,20)(H,18,19). The van der Waals surface area contributed by atoms with Gasteiger partial charge in [-0.1, -0.05) is 19.8 Å². The minimum atomic E-state index is -0.809. The summed E-state index contributed by atoms with van der Waals surface area (Å²) in [6.45, 7) is 3.08. The van der Waals surface area contributed by atoms with Gasteiger partial charge in [0.25, 0.3) is 0 Å².